The predicted octanol–water partition coefficient (Wildman–Crippen LogP) is 2.58. The molecule has 0 saturated heterocycles. The van der Waals surface area contributed by atoms with Gasteiger partial charge in [-0.25, -0.2) is 0 Å². The maximum atomic E-state index is 10.9. The number of ether oxygens (including phenoxy) is 2. The van der Waals surface area contributed by atoms with Crippen LogP contribution in [0.25, 0.3) is 0 Å². The van der Waals surface area contributed by atoms with E-state index in [2.05, 4.69) is 0 Å². The Kier molecular flexibility index (Phi) is 2.23. The first-order valence-corrected chi connectivity index (χ1v) is 5.80. The summed E-state index contributed by atoms with van der Waals surface area (Å²) < 4.78 is 10.5. The first-order valence-electron chi connectivity index (χ1n) is 5.42. The van der Waals surface area contributed by atoms with Gasteiger partial charge in [0.2, 0.25) is 6.79 Å². The number of carboxylic acids is 1. The predicted molar refractivity (Wildman–Crippen MR) is 60.7 cm³/mol. The summed E-state index contributed by atoms with van der Waals surface area (Å²) in [7, 11) is 0. The van der Waals surface area contributed by atoms with Crippen LogP contribution in [0.1, 0.15) is 24.8 Å². The number of fused-ring (bicyclic) bond motifs is 1. The van der Waals surface area contributed by atoms with Gasteiger partial charge in [0.1, 0.15) is 0 Å². The zero-order chi connectivity index (χ0) is 12.0. The van der Waals surface area contributed by atoms with Crippen molar-refractivity contribution in [1.82, 2.24) is 0 Å². The lowest BCUT2D eigenvalue weighted by atomic mass is 9.92. The largest absolute Gasteiger partial charge is 0.481 e. The van der Waals surface area contributed by atoms with Crippen molar-refractivity contribution < 1.29 is 19.4 Å². The zero-order valence-corrected chi connectivity index (χ0v) is 9.79. The number of halogens is 1. The van der Waals surface area contributed by atoms with Crippen LogP contribution in [-0.4, -0.2) is 17.9 Å². The molecule has 0 amide bonds. The first kappa shape index (κ1) is 10.7. The van der Waals surface area contributed by atoms with Crippen LogP contribution in [-0.2, 0) is 10.2 Å². The van der Waals surface area contributed by atoms with E-state index in [1.807, 2.05) is 6.07 Å². The summed E-state index contributed by atoms with van der Waals surface area (Å²) in [6, 6.07) is 3.53. The number of benzene rings is 1. The van der Waals surface area contributed by atoms with Gasteiger partial charge in [0.25, 0.3) is 0 Å². The van der Waals surface area contributed by atoms with Crippen LogP contribution in [0.15, 0.2) is 12.1 Å². The number of hydrogen-bond donors (Lipinski definition) is 1. The number of aliphatic carboxylic acids is 1. The molecule has 0 spiro atoms. The Morgan fingerprint density at radius 3 is 2.59 bits per heavy atom. The van der Waals surface area contributed by atoms with Gasteiger partial charge in [-0.2, -0.15) is 0 Å². The summed E-state index contributed by atoms with van der Waals surface area (Å²) in [4.78, 5) is 10.9. The Hall–Kier alpha value is -1.42. The highest BCUT2D eigenvalue weighted by Gasteiger charge is 2.47. The lowest BCUT2D eigenvalue weighted by Crippen LogP contribution is -2.13. The lowest BCUT2D eigenvalue weighted by Gasteiger charge is -2.15. The number of hydrogen-bond acceptors (Lipinski definition) is 3. The Balaban J connectivity index is 2.01. The Bertz CT molecular complexity index is 494. The molecule has 1 aliphatic carbocycles. The second-order valence-electron chi connectivity index (χ2n) is 4.54. The van der Waals surface area contributed by atoms with Gasteiger partial charge in [-0.1, -0.05) is 11.6 Å². The van der Waals surface area contributed by atoms with E-state index >= 15 is 0 Å². The highest BCUT2D eigenvalue weighted by atomic mass is 35.5. The molecule has 0 unspecified atom stereocenters. The van der Waals surface area contributed by atoms with Crippen LogP contribution in [0.2, 0.25) is 5.02 Å². The SMILES string of the molecule is O=C(O)CC1(c2cc3c(cc2Cl)OCO3)CC1. The van der Waals surface area contributed by atoms with Crippen molar-refractivity contribution in [2.45, 2.75) is 24.7 Å². The van der Waals surface area contributed by atoms with Crippen molar-refractivity contribution in [2.75, 3.05) is 6.79 Å². The standard InChI is InChI=1S/C12H11ClO4/c13-8-4-10-9(16-6-17-10)3-7(8)12(1-2-12)5-11(14)15/h3-4H,1-2,5-6H2,(H,14,15). The van der Waals surface area contributed by atoms with E-state index in [1.165, 1.54) is 0 Å². The van der Waals surface area contributed by atoms with Gasteiger partial charge in [0.15, 0.2) is 11.5 Å². The Morgan fingerprint density at radius 1 is 1.35 bits per heavy atom. The third-order valence-electron chi connectivity index (χ3n) is 3.38. The molecule has 1 N–H and O–H groups in total. The zero-order valence-electron chi connectivity index (χ0n) is 9.03. The second kappa shape index (κ2) is 3.53. The monoisotopic (exact) mass is 254 g/mol. The summed E-state index contributed by atoms with van der Waals surface area (Å²) in [6.07, 6.45) is 1.84. The van der Waals surface area contributed by atoms with Crippen molar-refractivity contribution in [1.29, 1.82) is 0 Å². The lowest BCUT2D eigenvalue weighted by molar-refractivity contribution is -0.137. The third kappa shape index (κ3) is 1.72. The van der Waals surface area contributed by atoms with Gasteiger partial charge in [-0.15, -0.1) is 0 Å². The van der Waals surface area contributed by atoms with E-state index in [4.69, 9.17) is 26.2 Å². The molecule has 0 radical (unpaired) electrons. The molecular formula is C12H11ClO4. The number of rotatable bonds is 3. The van der Waals surface area contributed by atoms with Crippen LogP contribution < -0.4 is 9.47 Å². The summed E-state index contributed by atoms with van der Waals surface area (Å²) in [5.41, 5.74) is 0.565. The Labute approximate surface area is 103 Å². The molecule has 5 heteroatoms. The minimum atomic E-state index is -0.795. The molecule has 2 aliphatic rings. The molecule has 0 atom stereocenters. The second-order valence-corrected chi connectivity index (χ2v) is 4.94. The van der Waals surface area contributed by atoms with Crippen LogP contribution in [0.3, 0.4) is 0 Å². The van der Waals surface area contributed by atoms with Crippen molar-refractivity contribution in [3.8, 4) is 11.5 Å². The van der Waals surface area contributed by atoms with Gasteiger partial charge < -0.3 is 14.6 Å². The first-order chi connectivity index (χ1) is 8.11. The van der Waals surface area contributed by atoms with E-state index in [9.17, 15) is 4.79 Å². The summed E-state index contributed by atoms with van der Waals surface area (Å²) in [5.74, 6) is 0.488. The molecule has 1 saturated carbocycles. The molecule has 1 heterocycles. The molecule has 0 bridgehead atoms. The number of carbonyl (C=O) groups is 1. The van der Waals surface area contributed by atoms with Gasteiger partial charge in [-0.05, 0) is 24.5 Å². The van der Waals surface area contributed by atoms with Gasteiger partial charge in [0.05, 0.1) is 6.42 Å². The average Bonchev–Trinajstić information content (AvgIpc) is 2.87. The van der Waals surface area contributed by atoms with Gasteiger partial charge in [-0.3, -0.25) is 4.79 Å². The topological polar surface area (TPSA) is 55.8 Å². The summed E-state index contributed by atoms with van der Waals surface area (Å²) >= 11 is 6.19. The van der Waals surface area contributed by atoms with Gasteiger partial charge in [0, 0.05) is 16.5 Å². The molecule has 0 aromatic heterocycles. The van der Waals surface area contributed by atoms with Crippen LogP contribution in [0.4, 0.5) is 0 Å². The maximum absolute atomic E-state index is 10.9. The van der Waals surface area contributed by atoms with Gasteiger partial charge >= 0.3 is 5.97 Å². The summed E-state index contributed by atoms with van der Waals surface area (Å²) in [6.45, 7) is 0.195. The minimum Gasteiger partial charge on any atom is -0.481 e. The molecule has 1 aromatic carbocycles. The molecule has 90 valence electrons. The quantitative estimate of drug-likeness (QED) is 0.901. The van der Waals surface area contributed by atoms with Crippen molar-refractivity contribution in [3.05, 3.63) is 22.7 Å². The van der Waals surface area contributed by atoms with Crippen LogP contribution >= 0.6 is 11.6 Å². The van der Waals surface area contributed by atoms with E-state index in [0.717, 1.165) is 18.4 Å². The molecule has 1 aliphatic heterocycles. The highest BCUT2D eigenvalue weighted by molar-refractivity contribution is 6.31. The fourth-order valence-corrected chi connectivity index (χ4v) is 2.66. The van der Waals surface area contributed by atoms with E-state index in [1.54, 1.807) is 6.07 Å². The number of carboxylic acid groups (broad SMARTS) is 1. The molecule has 17 heavy (non-hydrogen) atoms. The molecule has 4 nitrogen and oxygen atoms in total. The van der Waals surface area contributed by atoms with Crippen molar-refractivity contribution >= 4 is 17.6 Å². The smallest absolute Gasteiger partial charge is 0.304 e. The van der Waals surface area contributed by atoms with E-state index in [-0.39, 0.29) is 18.6 Å². The normalized spacial score (nSPS) is 19.1. The van der Waals surface area contributed by atoms with Crippen LogP contribution in [0, 0.1) is 0 Å². The van der Waals surface area contributed by atoms with E-state index in [0.29, 0.717) is 16.5 Å². The summed E-state index contributed by atoms with van der Waals surface area (Å²) in [5, 5.41) is 9.50. The molecular weight excluding hydrogens is 244 g/mol. The fraction of sp³-hybridized carbons (Fsp3) is 0.417. The molecule has 1 aromatic rings. The van der Waals surface area contributed by atoms with Crippen molar-refractivity contribution in [3.63, 3.8) is 0 Å². The highest BCUT2D eigenvalue weighted by Crippen LogP contribution is 2.55. The fourth-order valence-electron chi connectivity index (χ4n) is 2.31. The van der Waals surface area contributed by atoms with E-state index < -0.39 is 5.97 Å². The van der Waals surface area contributed by atoms with Crippen molar-refractivity contribution in [2.24, 2.45) is 0 Å². The average molecular weight is 255 g/mol. The molecule has 3 rings (SSSR count). The maximum Gasteiger partial charge on any atom is 0.304 e. The third-order valence-corrected chi connectivity index (χ3v) is 3.69. The Morgan fingerprint density at radius 2 is 2.00 bits per heavy atom. The minimum absolute atomic E-state index is 0.117. The molecule has 1 fully saturated rings. The van der Waals surface area contributed by atoms with Crippen LogP contribution in [0.5, 0.6) is 11.5 Å².